The van der Waals surface area contributed by atoms with Crippen LogP contribution >= 0.6 is 0 Å². The molecule has 0 saturated heterocycles. The molecule has 0 amide bonds. The van der Waals surface area contributed by atoms with Crippen LogP contribution in [-0.2, 0) is 6.54 Å². The average molecular weight is 189 g/mol. The molecule has 1 N–H and O–H groups in total. The van der Waals surface area contributed by atoms with Gasteiger partial charge in [0.2, 0.25) is 0 Å². The Hall–Kier alpha value is -1.28. The molecular weight excluding hydrogens is 174 g/mol. The standard InChI is InChI=1S/C12H15NO/c1-3-9-7-13(2)8-10-5-4-6-11(14)12(9)10/h3-6,9,14H,1,7-8H2,2H3/t9-/m0/s1. The molecule has 0 bridgehead atoms. The van der Waals surface area contributed by atoms with Crippen molar-refractivity contribution in [3.05, 3.63) is 42.0 Å². The number of hydrogen-bond acceptors (Lipinski definition) is 2. The van der Waals surface area contributed by atoms with Crippen LogP contribution < -0.4 is 0 Å². The van der Waals surface area contributed by atoms with Gasteiger partial charge in [0.1, 0.15) is 5.75 Å². The van der Waals surface area contributed by atoms with Gasteiger partial charge in [-0.3, -0.25) is 0 Å². The summed E-state index contributed by atoms with van der Waals surface area (Å²) in [7, 11) is 2.09. The molecule has 0 radical (unpaired) electrons. The maximum Gasteiger partial charge on any atom is 0.119 e. The molecule has 0 spiro atoms. The van der Waals surface area contributed by atoms with Crippen LogP contribution in [0.5, 0.6) is 5.75 Å². The Balaban J connectivity index is 2.51. The fourth-order valence-corrected chi connectivity index (χ4v) is 2.14. The van der Waals surface area contributed by atoms with Crippen LogP contribution in [0.4, 0.5) is 0 Å². The van der Waals surface area contributed by atoms with Gasteiger partial charge in [0.25, 0.3) is 0 Å². The second-order valence-electron chi connectivity index (χ2n) is 3.89. The second-order valence-corrected chi connectivity index (χ2v) is 3.89. The first-order chi connectivity index (χ1) is 6.72. The van der Waals surface area contributed by atoms with E-state index in [1.165, 1.54) is 5.56 Å². The molecular formula is C12H15NO. The van der Waals surface area contributed by atoms with Crippen molar-refractivity contribution < 1.29 is 5.11 Å². The van der Waals surface area contributed by atoms with E-state index in [0.717, 1.165) is 18.7 Å². The Morgan fingerprint density at radius 1 is 1.57 bits per heavy atom. The minimum absolute atomic E-state index is 0.255. The summed E-state index contributed by atoms with van der Waals surface area (Å²) in [6.45, 7) is 5.67. The van der Waals surface area contributed by atoms with Crippen molar-refractivity contribution in [2.24, 2.45) is 0 Å². The number of fused-ring (bicyclic) bond motifs is 1. The largest absolute Gasteiger partial charge is 0.508 e. The molecule has 0 aliphatic carbocycles. The first-order valence-electron chi connectivity index (χ1n) is 4.84. The third kappa shape index (κ3) is 1.42. The molecule has 0 saturated carbocycles. The SMILES string of the molecule is C=C[C@H]1CN(C)Cc2cccc(O)c21. The highest BCUT2D eigenvalue weighted by molar-refractivity contribution is 5.45. The summed E-state index contributed by atoms with van der Waals surface area (Å²) in [5.74, 6) is 0.658. The third-order valence-corrected chi connectivity index (χ3v) is 2.78. The predicted octanol–water partition coefficient (Wildman–Crippen LogP) is 2.11. The number of phenolic OH excluding ortho intramolecular Hbond substituents is 1. The minimum atomic E-state index is 0.255. The van der Waals surface area contributed by atoms with Crippen molar-refractivity contribution in [3.63, 3.8) is 0 Å². The summed E-state index contributed by atoms with van der Waals surface area (Å²) < 4.78 is 0. The van der Waals surface area contributed by atoms with Gasteiger partial charge < -0.3 is 10.0 Å². The Kier molecular flexibility index (Phi) is 2.30. The lowest BCUT2D eigenvalue weighted by atomic mass is 9.89. The van der Waals surface area contributed by atoms with E-state index in [2.05, 4.69) is 24.6 Å². The Labute approximate surface area is 84.5 Å². The van der Waals surface area contributed by atoms with Crippen molar-refractivity contribution in [2.45, 2.75) is 12.5 Å². The van der Waals surface area contributed by atoms with Crippen molar-refractivity contribution in [1.82, 2.24) is 4.90 Å². The van der Waals surface area contributed by atoms with Gasteiger partial charge in [0.05, 0.1) is 0 Å². The predicted molar refractivity (Wildman–Crippen MR) is 57.4 cm³/mol. The zero-order valence-corrected chi connectivity index (χ0v) is 8.40. The zero-order chi connectivity index (χ0) is 10.1. The molecule has 0 unspecified atom stereocenters. The van der Waals surface area contributed by atoms with Gasteiger partial charge in [-0.15, -0.1) is 6.58 Å². The van der Waals surface area contributed by atoms with Crippen molar-refractivity contribution in [3.8, 4) is 5.75 Å². The Bertz CT molecular complexity index is 359. The summed E-state index contributed by atoms with van der Waals surface area (Å²) in [4.78, 5) is 2.24. The normalized spacial score (nSPS) is 21.6. The lowest BCUT2D eigenvalue weighted by Crippen LogP contribution is -2.29. The van der Waals surface area contributed by atoms with Gasteiger partial charge >= 0.3 is 0 Å². The van der Waals surface area contributed by atoms with Crippen LogP contribution in [0, 0.1) is 0 Å². The van der Waals surface area contributed by atoms with Gasteiger partial charge in [0.15, 0.2) is 0 Å². The van der Waals surface area contributed by atoms with Gasteiger partial charge in [-0.1, -0.05) is 18.2 Å². The van der Waals surface area contributed by atoms with E-state index in [-0.39, 0.29) is 5.92 Å². The molecule has 2 rings (SSSR count). The van der Waals surface area contributed by atoms with Crippen LogP contribution in [0.15, 0.2) is 30.9 Å². The number of hydrogen-bond donors (Lipinski definition) is 1. The number of likely N-dealkylation sites (N-methyl/N-ethyl adjacent to an activating group) is 1. The van der Waals surface area contributed by atoms with E-state index >= 15 is 0 Å². The maximum absolute atomic E-state index is 9.78. The van der Waals surface area contributed by atoms with Gasteiger partial charge in [0, 0.05) is 24.6 Å². The van der Waals surface area contributed by atoms with Gasteiger partial charge in [-0.05, 0) is 18.7 Å². The van der Waals surface area contributed by atoms with Crippen LogP contribution in [0.2, 0.25) is 0 Å². The molecule has 1 aliphatic rings. The summed E-state index contributed by atoms with van der Waals surface area (Å²) in [6.07, 6.45) is 1.91. The van der Waals surface area contributed by atoms with Gasteiger partial charge in [-0.2, -0.15) is 0 Å². The quantitative estimate of drug-likeness (QED) is 0.684. The molecule has 1 heterocycles. The first kappa shape index (κ1) is 9.28. The van der Waals surface area contributed by atoms with E-state index in [1.807, 2.05) is 12.1 Å². The van der Waals surface area contributed by atoms with E-state index in [0.29, 0.717) is 5.75 Å². The highest BCUT2D eigenvalue weighted by atomic mass is 16.3. The number of aromatic hydroxyl groups is 1. The number of phenols is 1. The van der Waals surface area contributed by atoms with E-state index in [4.69, 9.17) is 0 Å². The molecule has 74 valence electrons. The Morgan fingerprint density at radius 3 is 3.07 bits per heavy atom. The van der Waals surface area contributed by atoms with Crippen LogP contribution in [0.3, 0.4) is 0 Å². The summed E-state index contributed by atoms with van der Waals surface area (Å²) in [5, 5.41) is 9.78. The van der Waals surface area contributed by atoms with E-state index < -0.39 is 0 Å². The first-order valence-corrected chi connectivity index (χ1v) is 4.84. The van der Waals surface area contributed by atoms with Gasteiger partial charge in [-0.25, -0.2) is 0 Å². The second kappa shape index (κ2) is 3.46. The van der Waals surface area contributed by atoms with Crippen LogP contribution in [-0.4, -0.2) is 23.6 Å². The molecule has 0 fully saturated rings. The minimum Gasteiger partial charge on any atom is -0.508 e. The monoisotopic (exact) mass is 189 g/mol. The summed E-state index contributed by atoms with van der Waals surface area (Å²) >= 11 is 0. The lowest BCUT2D eigenvalue weighted by Gasteiger charge is -2.30. The van der Waals surface area contributed by atoms with Crippen molar-refractivity contribution in [2.75, 3.05) is 13.6 Å². The van der Waals surface area contributed by atoms with Crippen molar-refractivity contribution in [1.29, 1.82) is 0 Å². The van der Waals surface area contributed by atoms with E-state index in [1.54, 1.807) is 6.07 Å². The van der Waals surface area contributed by atoms with E-state index in [9.17, 15) is 5.11 Å². The Morgan fingerprint density at radius 2 is 2.36 bits per heavy atom. The maximum atomic E-state index is 9.78. The fraction of sp³-hybridized carbons (Fsp3) is 0.333. The molecule has 1 atom stereocenters. The molecule has 2 nitrogen and oxygen atoms in total. The lowest BCUT2D eigenvalue weighted by molar-refractivity contribution is 0.293. The summed E-state index contributed by atoms with van der Waals surface area (Å²) in [5.41, 5.74) is 2.27. The molecule has 14 heavy (non-hydrogen) atoms. The third-order valence-electron chi connectivity index (χ3n) is 2.78. The fourth-order valence-electron chi connectivity index (χ4n) is 2.14. The number of rotatable bonds is 1. The van der Waals surface area contributed by atoms with Crippen molar-refractivity contribution >= 4 is 0 Å². The molecule has 1 aromatic rings. The highest BCUT2D eigenvalue weighted by Crippen LogP contribution is 2.34. The summed E-state index contributed by atoms with van der Waals surface area (Å²) in [6, 6.07) is 5.72. The molecule has 0 aromatic heterocycles. The number of benzene rings is 1. The van der Waals surface area contributed by atoms with Crippen LogP contribution in [0.1, 0.15) is 17.0 Å². The number of nitrogens with zero attached hydrogens (tertiary/aromatic N) is 1. The van der Waals surface area contributed by atoms with Crippen LogP contribution in [0.25, 0.3) is 0 Å². The topological polar surface area (TPSA) is 23.5 Å². The smallest absolute Gasteiger partial charge is 0.119 e. The highest BCUT2D eigenvalue weighted by Gasteiger charge is 2.23. The zero-order valence-electron chi connectivity index (χ0n) is 8.40. The molecule has 1 aliphatic heterocycles. The molecule has 2 heteroatoms. The molecule has 1 aromatic carbocycles. The average Bonchev–Trinajstić information content (AvgIpc) is 2.16.